The Balaban J connectivity index is 2.48. The number of hydrogen-bond donors (Lipinski definition) is 4. The van der Waals surface area contributed by atoms with Crippen molar-refractivity contribution >= 4 is 16.0 Å². The van der Waals surface area contributed by atoms with Crippen LogP contribution in [0.4, 0.5) is 0 Å². The SMILES string of the molecule is CC(NS(=O)(=O)NC1CC1)C(N)=NO. The smallest absolute Gasteiger partial charge is 0.277 e. The molecular weight excluding hydrogens is 208 g/mol. The van der Waals surface area contributed by atoms with Gasteiger partial charge in [-0.2, -0.15) is 17.9 Å². The molecule has 0 radical (unpaired) electrons. The van der Waals surface area contributed by atoms with Crippen LogP contribution in [0.2, 0.25) is 0 Å². The highest BCUT2D eigenvalue weighted by Crippen LogP contribution is 2.19. The van der Waals surface area contributed by atoms with E-state index in [2.05, 4.69) is 14.6 Å². The quantitative estimate of drug-likeness (QED) is 0.200. The van der Waals surface area contributed by atoms with Gasteiger partial charge in [0.05, 0.1) is 6.04 Å². The molecule has 0 aromatic carbocycles. The van der Waals surface area contributed by atoms with E-state index in [0.717, 1.165) is 12.8 Å². The summed E-state index contributed by atoms with van der Waals surface area (Å²) >= 11 is 0. The van der Waals surface area contributed by atoms with Gasteiger partial charge in [-0.1, -0.05) is 5.16 Å². The predicted molar refractivity (Wildman–Crippen MR) is 51.1 cm³/mol. The molecule has 0 aromatic heterocycles. The van der Waals surface area contributed by atoms with Crippen molar-refractivity contribution in [3.8, 4) is 0 Å². The largest absolute Gasteiger partial charge is 0.409 e. The van der Waals surface area contributed by atoms with Crippen molar-refractivity contribution < 1.29 is 13.6 Å². The first-order valence-electron chi connectivity index (χ1n) is 4.21. The third-order valence-electron chi connectivity index (χ3n) is 1.79. The fourth-order valence-corrected chi connectivity index (χ4v) is 2.16. The number of nitrogens with one attached hydrogen (secondary N) is 2. The lowest BCUT2D eigenvalue weighted by Gasteiger charge is -2.12. The molecular formula is C6H14N4O3S. The van der Waals surface area contributed by atoms with Crippen molar-refractivity contribution in [2.24, 2.45) is 10.9 Å². The fourth-order valence-electron chi connectivity index (χ4n) is 0.834. The topological polar surface area (TPSA) is 117 Å². The first-order chi connectivity index (χ1) is 6.44. The van der Waals surface area contributed by atoms with Crippen LogP contribution in [0.5, 0.6) is 0 Å². The van der Waals surface area contributed by atoms with Crippen LogP contribution in [0.1, 0.15) is 19.8 Å². The zero-order valence-electron chi connectivity index (χ0n) is 7.77. The number of nitrogens with zero attached hydrogens (tertiary/aromatic N) is 1. The number of amidine groups is 1. The molecule has 1 atom stereocenters. The van der Waals surface area contributed by atoms with Gasteiger partial charge in [0.2, 0.25) is 0 Å². The molecule has 14 heavy (non-hydrogen) atoms. The molecule has 0 aromatic rings. The number of oxime groups is 1. The Morgan fingerprint density at radius 3 is 2.64 bits per heavy atom. The molecule has 1 fully saturated rings. The average Bonchev–Trinajstić information content (AvgIpc) is 2.84. The Morgan fingerprint density at radius 2 is 2.21 bits per heavy atom. The summed E-state index contributed by atoms with van der Waals surface area (Å²) in [5.41, 5.74) is 5.22. The summed E-state index contributed by atoms with van der Waals surface area (Å²) in [6.07, 6.45) is 1.72. The maximum Gasteiger partial charge on any atom is 0.277 e. The van der Waals surface area contributed by atoms with Gasteiger partial charge >= 0.3 is 0 Å². The third kappa shape index (κ3) is 3.48. The lowest BCUT2D eigenvalue weighted by atomic mass is 10.3. The molecule has 1 rings (SSSR count). The maximum atomic E-state index is 11.3. The maximum absolute atomic E-state index is 11.3. The normalized spacial score (nSPS) is 20.8. The summed E-state index contributed by atoms with van der Waals surface area (Å²) in [4.78, 5) is 0. The Kier molecular flexibility index (Phi) is 3.29. The molecule has 1 aliphatic rings. The molecule has 0 spiro atoms. The molecule has 0 amide bonds. The number of rotatable bonds is 5. The lowest BCUT2D eigenvalue weighted by Crippen LogP contribution is -2.47. The predicted octanol–water partition coefficient (Wildman–Crippen LogP) is -1.29. The Labute approximate surface area is 82.5 Å². The highest BCUT2D eigenvalue weighted by molar-refractivity contribution is 7.87. The standard InChI is InChI=1S/C6H14N4O3S/c1-4(6(7)8-11)9-14(12,13)10-5-2-3-5/h4-5,9-11H,2-3H2,1H3,(H2,7,8). The van der Waals surface area contributed by atoms with E-state index in [0.29, 0.717) is 0 Å². The second-order valence-electron chi connectivity index (χ2n) is 3.26. The highest BCUT2D eigenvalue weighted by Gasteiger charge is 2.28. The summed E-state index contributed by atoms with van der Waals surface area (Å²) in [6, 6.07) is -0.691. The summed E-state index contributed by atoms with van der Waals surface area (Å²) in [5.74, 6) is -0.175. The van der Waals surface area contributed by atoms with Crippen molar-refractivity contribution in [3.05, 3.63) is 0 Å². The Morgan fingerprint density at radius 1 is 1.64 bits per heavy atom. The van der Waals surface area contributed by atoms with Gasteiger partial charge in [0.15, 0.2) is 5.84 Å². The van der Waals surface area contributed by atoms with E-state index in [4.69, 9.17) is 10.9 Å². The highest BCUT2D eigenvalue weighted by atomic mass is 32.2. The number of hydrogen-bond acceptors (Lipinski definition) is 4. The second kappa shape index (κ2) is 4.11. The first kappa shape index (κ1) is 11.2. The van der Waals surface area contributed by atoms with E-state index in [1.54, 1.807) is 0 Å². The first-order valence-corrected chi connectivity index (χ1v) is 5.70. The van der Waals surface area contributed by atoms with E-state index in [-0.39, 0.29) is 11.9 Å². The van der Waals surface area contributed by atoms with E-state index in [1.807, 2.05) is 0 Å². The molecule has 0 heterocycles. The van der Waals surface area contributed by atoms with Crippen molar-refractivity contribution in [1.82, 2.24) is 9.44 Å². The molecule has 82 valence electrons. The van der Waals surface area contributed by atoms with Gasteiger partial charge < -0.3 is 10.9 Å². The van der Waals surface area contributed by atoms with Crippen LogP contribution in [0.25, 0.3) is 0 Å². The van der Waals surface area contributed by atoms with Crippen LogP contribution < -0.4 is 15.2 Å². The third-order valence-corrected chi connectivity index (χ3v) is 3.10. The minimum Gasteiger partial charge on any atom is -0.409 e. The van der Waals surface area contributed by atoms with Crippen LogP contribution in [-0.4, -0.2) is 31.5 Å². The molecule has 5 N–H and O–H groups in total. The Bertz CT molecular complexity index is 322. The van der Waals surface area contributed by atoms with Gasteiger partial charge in [-0.15, -0.1) is 0 Å². The molecule has 1 unspecified atom stereocenters. The summed E-state index contributed by atoms with van der Waals surface area (Å²) < 4.78 is 27.2. The van der Waals surface area contributed by atoms with Gasteiger partial charge in [-0.25, -0.2) is 0 Å². The Hall–Kier alpha value is -0.860. The number of nitrogens with two attached hydrogens (primary N) is 1. The van der Waals surface area contributed by atoms with Gasteiger partial charge in [0.1, 0.15) is 0 Å². The van der Waals surface area contributed by atoms with Crippen LogP contribution in [0.3, 0.4) is 0 Å². The molecule has 0 aliphatic heterocycles. The van der Waals surface area contributed by atoms with Crippen LogP contribution in [0.15, 0.2) is 5.16 Å². The van der Waals surface area contributed by atoms with Crippen molar-refractivity contribution in [3.63, 3.8) is 0 Å². The monoisotopic (exact) mass is 222 g/mol. The second-order valence-corrected chi connectivity index (χ2v) is 4.74. The van der Waals surface area contributed by atoms with Gasteiger partial charge in [0.25, 0.3) is 10.2 Å². The van der Waals surface area contributed by atoms with Crippen molar-refractivity contribution in [2.75, 3.05) is 0 Å². The van der Waals surface area contributed by atoms with Gasteiger partial charge in [0, 0.05) is 6.04 Å². The fraction of sp³-hybridized carbons (Fsp3) is 0.833. The molecule has 8 heteroatoms. The van der Waals surface area contributed by atoms with E-state index in [9.17, 15) is 8.42 Å². The molecule has 1 saturated carbocycles. The van der Waals surface area contributed by atoms with E-state index in [1.165, 1.54) is 6.92 Å². The summed E-state index contributed by atoms with van der Waals surface area (Å²) in [6.45, 7) is 1.49. The van der Waals surface area contributed by atoms with Crippen LogP contribution in [0, 0.1) is 0 Å². The lowest BCUT2D eigenvalue weighted by molar-refractivity contribution is 0.316. The average molecular weight is 222 g/mol. The zero-order chi connectivity index (χ0) is 10.8. The minimum atomic E-state index is -3.54. The van der Waals surface area contributed by atoms with E-state index >= 15 is 0 Å². The molecule has 0 saturated heterocycles. The molecule has 0 bridgehead atoms. The van der Waals surface area contributed by atoms with Gasteiger partial charge in [-0.3, -0.25) is 0 Å². The van der Waals surface area contributed by atoms with E-state index < -0.39 is 16.3 Å². The van der Waals surface area contributed by atoms with Crippen molar-refractivity contribution in [2.45, 2.75) is 31.8 Å². The van der Waals surface area contributed by atoms with Crippen LogP contribution in [-0.2, 0) is 10.2 Å². The van der Waals surface area contributed by atoms with Crippen molar-refractivity contribution in [1.29, 1.82) is 0 Å². The summed E-state index contributed by atoms with van der Waals surface area (Å²) in [5, 5.41) is 11.0. The minimum absolute atomic E-state index is 0.0342. The molecule has 7 nitrogen and oxygen atoms in total. The summed E-state index contributed by atoms with van der Waals surface area (Å²) in [7, 11) is -3.54. The van der Waals surface area contributed by atoms with Crippen LogP contribution >= 0.6 is 0 Å². The van der Waals surface area contributed by atoms with Gasteiger partial charge in [-0.05, 0) is 19.8 Å². The zero-order valence-corrected chi connectivity index (χ0v) is 8.58. The molecule has 1 aliphatic carbocycles.